The Morgan fingerprint density at radius 1 is 1.50 bits per heavy atom. The lowest BCUT2D eigenvalue weighted by molar-refractivity contribution is -0.128. The van der Waals surface area contributed by atoms with E-state index in [2.05, 4.69) is 17.2 Å². The number of pyridine rings is 1. The summed E-state index contributed by atoms with van der Waals surface area (Å²) in [6.45, 7) is 2.75. The second-order valence-electron chi connectivity index (χ2n) is 5.57. The molecule has 0 aromatic carbocycles. The Hall–Kier alpha value is -1.62. The third-order valence-electron chi connectivity index (χ3n) is 3.95. The van der Waals surface area contributed by atoms with Gasteiger partial charge < -0.3 is 10.2 Å². The van der Waals surface area contributed by atoms with Crippen LogP contribution in [0.3, 0.4) is 0 Å². The molecule has 1 N–H and O–H groups in total. The van der Waals surface area contributed by atoms with Crippen LogP contribution in [-0.4, -0.2) is 40.3 Å². The number of rotatable bonds is 3. The molecule has 1 aliphatic heterocycles. The number of amides is 2. The summed E-state index contributed by atoms with van der Waals surface area (Å²) in [4.78, 5) is 29.7. The Labute approximate surface area is 122 Å². The summed E-state index contributed by atoms with van der Waals surface area (Å²) in [5.41, 5.74) is 0.458. The van der Waals surface area contributed by atoms with Crippen molar-refractivity contribution in [2.45, 2.75) is 31.8 Å². The maximum atomic E-state index is 12.1. The van der Waals surface area contributed by atoms with Crippen molar-refractivity contribution in [3.05, 3.63) is 29.0 Å². The Kier molecular flexibility index (Phi) is 3.38. The molecule has 3 atom stereocenters. The molecular weight excluding hydrogens is 278 g/mol. The van der Waals surface area contributed by atoms with Crippen molar-refractivity contribution in [1.82, 2.24) is 15.2 Å². The predicted molar refractivity (Wildman–Crippen MR) is 74.4 cm³/mol. The van der Waals surface area contributed by atoms with Crippen LogP contribution in [0, 0.1) is 5.92 Å². The fourth-order valence-corrected chi connectivity index (χ4v) is 2.78. The maximum Gasteiger partial charge on any atom is 0.253 e. The van der Waals surface area contributed by atoms with Crippen LogP contribution < -0.4 is 5.32 Å². The van der Waals surface area contributed by atoms with Crippen LogP contribution in [0.25, 0.3) is 0 Å². The van der Waals surface area contributed by atoms with Crippen molar-refractivity contribution in [3.8, 4) is 0 Å². The van der Waals surface area contributed by atoms with Crippen molar-refractivity contribution < 1.29 is 9.59 Å². The SMILES string of the molecule is C[C@@H]1C[C@H]1N1C[C@H](NC(=O)c2ccc(Cl)nc2)CC1=O. The summed E-state index contributed by atoms with van der Waals surface area (Å²) in [5.74, 6) is 0.519. The van der Waals surface area contributed by atoms with Gasteiger partial charge in [0.2, 0.25) is 5.91 Å². The normalized spacial score (nSPS) is 28.6. The highest BCUT2D eigenvalue weighted by atomic mass is 35.5. The van der Waals surface area contributed by atoms with Crippen LogP contribution in [0.2, 0.25) is 5.15 Å². The van der Waals surface area contributed by atoms with E-state index in [-0.39, 0.29) is 17.9 Å². The molecule has 2 heterocycles. The van der Waals surface area contributed by atoms with Gasteiger partial charge in [-0.25, -0.2) is 4.98 Å². The average Bonchev–Trinajstić information content (AvgIpc) is 3.01. The minimum Gasteiger partial charge on any atom is -0.347 e. The standard InChI is InChI=1S/C14H16ClN3O2/c1-8-4-11(8)18-7-10(5-13(18)19)17-14(20)9-2-3-12(15)16-6-9/h2-3,6,8,10-11H,4-5,7H2,1H3,(H,17,20)/t8-,10-,11-/m1/s1. The topological polar surface area (TPSA) is 62.3 Å². The molecule has 5 nitrogen and oxygen atoms in total. The number of carbonyl (C=O) groups excluding carboxylic acids is 2. The number of carbonyl (C=O) groups is 2. The first-order valence-corrected chi connectivity index (χ1v) is 7.14. The zero-order chi connectivity index (χ0) is 14.3. The van der Waals surface area contributed by atoms with Gasteiger partial charge >= 0.3 is 0 Å². The van der Waals surface area contributed by atoms with Crippen molar-refractivity contribution in [3.63, 3.8) is 0 Å². The largest absolute Gasteiger partial charge is 0.347 e. The molecule has 0 spiro atoms. The van der Waals surface area contributed by atoms with Gasteiger partial charge in [0.05, 0.1) is 11.6 Å². The van der Waals surface area contributed by atoms with Crippen molar-refractivity contribution in [2.24, 2.45) is 5.92 Å². The highest BCUT2D eigenvalue weighted by Crippen LogP contribution is 2.37. The van der Waals surface area contributed by atoms with Gasteiger partial charge in [-0.2, -0.15) is 0 Å². The lowest BCUT2D eigenvalue weighted by Gasteiger charge is -2.16. The van der Waals surface area contributed by atoms with Gasteiger partial charge in [0, 0.05) is 25.2 Å². The molecule has 1 saturated heterocycles. The summed E-state index contributed by atoms with van der Waals surface area (Å²) < 4.78 is 0. The quantitative estimate of drug-likeness (QED) is 0.859. The van der Waals surface area contributed by atoms with E-state index in [1.165, 1.54) is 6.20 Å². The first-order valence-electron chi connectivity index (χ1n) is 6.76. The average molecular weight is 294 g/mol. The van der Waals surface area contributed by atoms with Crippen LogP contribution in [0.15, 0.2) is 18.3 Å². The Morgan fingerprint density at radius 2 is 2.25 bits per heavy atom. The van der Waals surface area contributed by atoms with E-state index in [4.69, 9.17) is 11.6 Å². The van der Waals surface area contributed by atoms with E-state index in [1.807, 2.05) is 4.90 Å². The molecule has 1 aromatic heterocycles. The maximum absolute atomic E-state index is 12.1. The zero-order valence-corrected chi connectivity index (χ0v) is 11.9. The van der Waals surface area contributed by atoms with Crippen LogP contribution in [0.1, 0.15) is 30.1 Å². The fourth-order valence-electron chi connectivity index (χ4n) is 2.66. The molecule has 0 bridgehead atoms. The first kappa shape index (κ1) is 13.4. The minimum absolute atomic E-state index is 0.113. The minimum atomic E-state index is -0.210. The number of nitrogens with zero attached hydrogens (tertiary/aromatic N) is 2. The van der Waals surface area contributed by atoms with Gasteiger partial charge in [0.1, 0.15) is 5.15 Å². The molecule has 2 amide bonds. The number of halogens is 1. The molecule has 2 fully saturated rings. The van der Waals surface area contributed by atoms with Gasteiger partial charge in [-0.3, -0.25) is 9.59 Å². The second-order valence-corrected chi connectivity index (χ2v) is 5.96. The third-order valence-corrected chi connectivity index (χ3v) is 4.17. The highest BCUT2D eigenvalue weighted by Gasteiger charge is 2.44. The molecule has 6 heteroatoms. The van der Waals surface area contributed by atoms with Gasteiger partial charge in [0.15, 0.2) is 0 Å². The summed E-state index contributed by atoms with van der Waals surface area (Å²) in [6, 6.07) is 3.47. The third kappa shape index (κ3) is 2.63. The molecule has 106 valence electrons. The number of likely N-dealkylation sites (tertiary alicyclic amines) is 1. The van der Waals surface area contributed by atoms with Crippen LogP contribution >= 0.6 is 11.6 Å². The summed E-state index contributed by atoms with van der Waals surface area (Å²) in [5, 5.41) is 3.24. The summed E-state index contributed by atoms with van der Waals surface area (Å²) >= 11 is 5.69. The lowest BCUT2D eigenvalue weighted by atomic mass is 10.2. The van der Waals surface area contributed by atoms with Gasteiger partial charge in [-0.1, -0.05) is 18.5 Å². The summed E-state index contributed by atoms with van der Waals surface area (Å²) in [7, 11) is 0. The number of aromatic nitrogens is 1. The smallest absolute Gasteiger partial charge is 0.253 e. The molecule has 20 heavy (non-hydrogen) atoms. The molecule has 1 aromatic rings. The van der Waals surface area contributed by atoms with E-state index < -0.39 is 0 Å². The van der Waals surface area contributed by atoms with Crippen molar-refractivity contribution in [1.29, 1.82) is 0 Å². The Bertz CT molecular complexity index is 546. The number of nitrogens with one attached hydrogen (secondary N) is 1. The number of hydrogen-bond donors (Lipinski definition) is 1. The molecule has 0 unspecified atom stereocenters. The molecule has 2 aliphatic rings. The second kappa shape index (κ2) is 5.05. The van der Waals surface area contributed by atoms with E-state index in [0.717, 1.165) is 6.42 Å². The van der Waals surface area contributed by atoms with Crippen LogP contribution in [0.5, 0.6) is 0 Å². The molecule has 0 radical (unpaired) electrons. The van der Waals surface area contributed by atoms with E-state index >= 15 is 0 Å². The Morgan fingerprint density at radius 3 is 2.85 bits per heavy atom. The van der Waals surface area contributed by atoms with Crippen molar-refractivity contribution in [2.75, 3.05) is 6.54 Å². The fraction of sp³-hybridized carbons (Fsp3) is 0.500. The first-order chi connectivity index (χ1) is 9.54. The van der Waals surface area contributed by atoms with E-state index in [9.17, 15) is 9.59 Å². The molecular formula is C14H16ClN3O2. The Balaban J connectivity index is 1.60. The predicted octanol–water partition coefficient (Wildman–Crippen LogP) is 1.47. The molecule has 1 aliphatic carbocycles. The molecule has 3 rings (SSSR count). The zero-order valence-electron chi connectivity index (χ0n) is 11.2. The van der Waals surface area contributed by atoms with Crippen LogP contribution in [0.4, 0.5) is 0 Å². The van der Waals surface area contributed by atoms with Gasteiger partial charge in [-0.05, 0) is 24.5 Å². The highest BCUT2D eigenvalue weighted by molar-refractivity contribution is 6.29. The monoisotopic (exact) mass is 293 g/mol. The van der Waals surface area contributed by atoms with E-state index in [1.54, 1.807) is 12.1 Å². The molecule has 1 saturated carbocycles. The van der Waals surface area contributed by atoms with Gasteiger partial charge in [-0.15, -0.1) is 0 Å². The lowest BCUT2D eigenvalue weighted by Crippen LogP contribution is -2.37. The van der Waals surface area contributed by atoms with Crippen LogP contribution in [-0.2, 0) is 4.79 Å². The number of hydrogen-bond acceptors (Lipinski definition) is 3. The van der Waals surface area contributed by atoms with E-state index in [0.29, 0.717) is 35.6 Å². The van der Waals surface area contributed by atoms with Gasteiger partial charge in [0.25, 0.3) is 5.91 Å². The summed E-state index contributed by atoms with van der Waals surface area (Å²) in [6.07, 6.45) is 2.90. The van der Waals surface area contributed by atoms with Crippen molar-refractivity contribution >= 4 is 23.4 Å².